The lowest BCUT2D eigenvalue weighted by Crippen LogP contribution is -2.27. The van der Waals surface area contributed by atoms with Gasteiger partial charge < -0.3 is 10.2 Å². The highest BCUT2D eigenvalue weighted by atomic mass is 19.1. The van der Waals surface area contributed by atoms with E-state index in [-0.39, 0.29) is 36.9 Å². The molecule has 0 fully saturated rings. The number of amides is 2. The van der Waals surface area contributed by atoms with Crippen molar-refractivity contribution in [2.75, 3.05) is 18.0 Å². The molecule has 0 radical (unpaired) electrons. The van der Waals surface area contributed by atoms with Gasteiger partial charge in [-0.05, 0) is 47.9 Å². The molecule has 0 aromatic heterocycles. The van der Waals surface area contributed by atoms with Gasteiger partial charge in [0.1, 0.15) is 5.82 Å². The molecule has 1 N–H and O–H groups in total. The SMILES string of the molecule is O=CN1CCc2cc(C(=O)CCNC(=O)Cc3ccc(F)cc3)ccc21. The van der Waals surface area contributed by atoms with Crippen molar-refractivity contribution in [2.45, 2.75) is 19.3 Å². The molecule has 0 bridgehead atoms. The summed E-state index contributed by atoms with van der Waals surface area (Å²) in [5, 5.41) is 2.71. The summed E-state index contributed by atoms with van der Waals surface area (Å²) in [6.07, 6.45) is 1.88. The van der Waals surface area contributed by atoms with Gasteiger partial charge in [-0.1, -0.05) is 12.1 Å². The molecule has 0 atom stereocenters. The lowest BCUT2D eigenvalue weighted by atomic mass is 10.0. The number of ketones is 1. The molecule has 134 valence electrons. The second kappa shape index (κ2) is 7.91. The van der Waals surface area contributed by atoms with E-state index in [0.29, 0.717) is 17.7 Å². The highest BCUT2D eigenvalue weighted by Crippen LogP contribution is 2.27. The summed E-state index contributed by atoms with van der Waals surface area (Å²) < 4.78 is 12.8. The number of benzene rings is 2. The monoisotopic (exact) mass is 354 g/mol. The number of hydrogen-bond donors (Lipinski definition) is 1. The van der Waals surface area contributed by atoms with Crippen molar-refractivity contribution in [3.8, 4) is 0 Å². The highest BCUT2D eigenvalue weighted by Gasteiger charge is 2.19. The number of carbonyl (C=O) groups excluding carboxylic acids is 3. The second-order valence-electron chi connectivity index (χ2n) is 6.22. The van der Waals surface area contributed by atoms with Crippen LogP contribution >= 0.6 is 0 Å². The van der Waals surface area contributed by atoms with Gasteiger partial charge in [0, 0.05) is 30.8 Å². The zero-order valence-electron chi connectivity index (χ0n) is 14.2. The maximum atomic E-state index is 12.8. The quantitative estimate of drug-likeness (QED) is 0.613. The molecule has 2 aromatic carbocycles. The van der Waals surface area contributed by atoms with E-state index in [1.165, 1.54) is 12.1 Å². The number of Topliss-reactive ketones (excluding diaryl/α,β-unsaturated/α-hetero) is 1. The van der Waals surface area contributed by atoms with Crippen molar-refractivity contribution >= 4 is 23.8 Å². The maximum Gasteiger partial charge on any atom is 0.224 e. The van der Waals surface area contributed by atoms with Crippen LogP contribution in [-0.2, 0) is 22.4 Å². The molecular weight excluding hydrogens is 335 g/mol. The van der Waals surface area contributed by atoms with E-state index in [4.69, 9.17) is 0 Å². The van der Waals surface area contributed by atoms with Crippen molar-refractivity contribution in [1.82, 2.24) is 5.32 Å². The molecule has 0 spiro atoms. The van der Waals surface area contributed by atoms with E-state index in [9.17, 15) is 18.8 Å². The highest BCUT2D eigenvalue weighted by molar-refractivity contribution is 5.97. The minimum atomic E-state index is -0.342. The number of nitrogens with zero attached hydrogens (tertiary/aromatic N) is 1. The van der Waals surface area contributed by atoms with Crippen LogP contribution in [0.1, 0.15) is 27.9 Å². The fourth-order valence-electron chi connectivity index (χ4n) is 3.02. The van der Waals surface area contributed by atoms with Crippen LogP contribution in [0, 0.1) is 5.82 Å². The van der Waals surface area contributed by atoms with Crippen LogP contribution in [0.15, 0.2) is 42.5 Å². The lowest BCUT2D eigenvalue weighted by Gasteiger charge is -2.10. The van der Waals surface area contributed by atoms with Crippen LogP contribution in [-0.4, -0.2) is 31.2 Å². The standard InChI is InChI=1S/C20H19FN2O3/c21-17-4-1-14(2-5-17)11-20(26)22-9-7-19(25)16-3-6-18-15(12-16)8-10-23(18)13-24/h1-6,12-13H,7-11H2,(H,22,26). The van der Waals surface area contributed by atoms with E-state index in [0.717, 1.165) is 24.1 Å². The Morgan fingerprint density at radius 3 is 2.65 bits per heavy atom. The number of carbonyl (C=O) groups is 3. The molecule has 6 heteroatoms. The predicted molar refractivity (Wildman–Crippen MR) is 95.6 cm³/mol. The van der Waals surface area contributed by atoms with Gasteiger partial charge in [-0.25, -0.2) is 4.39 Å². The molecule has 5 nitrogen and oxygen atoms in total. The minimum Gasteiger partial charge on any atom is -0.355 e. The molecule has 0 saturated carbocycles. The van der Waals surface area contributed by atoms with E-state index in [1.807, 2.05) is 6.07 Å². The van der Waals surface area contributed by atoms with E-state index >= 15 is 0 Å². The van der Waals surface area contributed by atoms with Gasteiger partial charge in [-0.3, -0.25) is 14.4 Å². The third-order valence-electron chi connectivity index (χ3n) is 4.41. The fraction of sp³-hybridized carbons (Fsp3) is 0.250. The topological polar surface area (TPSA) is 66.5 Å². The summed E-state index contributed by atoms with van der Waals surface area (Å²) in [5.41, 5.74) is 3.14. The van der Waals surface area contributed by atoms with E-state index < -0.39 is 0 Å². The summed E-state index contributed by atoms with van der Waals surface area (Å²) in [5.74, 6) is -0.607. The van der Waals surface area contributed by atoms with Crippen molar-refractivity contribution in [2.24, 2.45) is 0 Å². The fourth-order valence-corrected chi connectivity index (χ4v) is 3.02. The van der Waals surface area contributed by atoms with Gasteiger partial charge in [0.2, 0.25) is 12.3 Å². The number of nitrogens with one attached hydrogen (secondary N) is 1. The Balaban J connectivity index is 1.49. The molecule has 1 heterocycles. The van der Waals surface area contributed by atoms with Gasteiger partial charge in [-0.2, -0.15) is 0 Å². The first-order valence-corrected chi connectivity index (χ1v) is 8.46. The molecule has 1 aliphatic rings. The molecule has 0 unspecified atom stereocenters. The molecule has 2 amide bonds. The number of hydrogen-bond acceptors (Lipinski definition) is 3. The average Bonchev–Trinajstić information content (AvgIpc) is 3.05. The number of halogens is 1. The Kier molecular flexibility index (Phi) is 5.41. The van der Waals surface area contributed by atoms with Gasteiger partial charge in [-0.15, -0.1) is 0 Å². The first-order valence-electron chi connectivity index (χ1n) is 8.46. The summed E-state index contributed by atoms with van der Waals surface area (Å²) in [4.78, 5) is 36.7. The summed E-state index contributed by atoms with van der Waals surface area (Å²) in [6.45, 7) is 0.881. The first-order chi connectivity index (χ1) is 12.6. The van der Waals surface area contributed by atoms with Crippen LogP contribution in [0.2, 0.25) is 0 Å². The van der Waals surface area contributed by atoms with Crippen molar-refractivity contribution in [3.63, 3.8) is 0 Å². The second-order valence-corrected chi connectivity index (χ2v) is 6.22. The normalized spacial score (nSPS) is 12.6. The van der Waals surface area contributed by atoms with Crippen molar-refractivity contribution < 1.29 is 18.8 Å². The molecule has 1 aliphatic heterocycles. The predicted octanol–water partition coefficient (Wildman–Crippen LogP) is 2.28. The Morgan fingerprint density at radius 2 is 1.92 bits per heavy atom. The van der Waals surface area contributed by atoms with Crippen LogP contribution in [0.5, 0.6) is 0 Å². The minimum absolute atomic E-state index is 0.0561. The Morgan fingerprint density at radius 1 is 1.15 bits per heavy atom. The summed E-state index contributed by atoms with van der Waals surface area (Å²) in [7, 11) is 0. The molecule has 0 aliphatic carbocycles. The van der Waals surface area contributed by atoms with Crippen molar-refractivity contribution in [3.05, 3.63) is 65.0 Å². The van der Waals surface area contributed by atoms with Gasteiger partial charge in [0.25, 0.3) is 0 Å². The lowest BCUT2D eigenvalue weighted by molar-refractivity contribution is -0.120. The molecule has 26 heavy (non-hydrogen) atoms. The van der Waals surface area contributed by atoms with Gasteiger partial charge in [0.15, 0.2) is 5.78 Å². The van der Waals surface area contributed by atoms with Gasteiger partial charge >= 0.3 is 0 Å². The van der Waals surface area contributed by atoms with Crippen LogP contribution in [0.4, 0.5) is 10.1 Å². The molecule has 3 rings (SSSR count). The summed E-state index contributed by atoms with van der Waals surface area (Å²) in [6, 6.07) is 11.1. The van der Waals surface area contributed by atoms with E-state index in [2.05, 4.69) is 5.32 Å². The zero-order valence-corrected chi connectivity index (χ0v) is 14.2. The Labute approximate surface area is 150 Å². The van der Waals surface area contributed by atoms with Crippen LogP contribution in [0.25, 0.3) is 0 Å². The third-order valence-corrected chi connectivity index (χ3v) is 4.41. The number of anilines is 1. The Bertz CT molecular complexity index is 833. The number of fused-ring (bicyclic) bond motifs is 1. The van der Waals surface area contributed by atoms with Crippen LogP contribution < -0.4 is 10.2 Å². The smallest absolute Gasteiger partial charge is 0.224 e. The maximum absolute atomic E-state index is 12.8. The van der Waals surface area contributed by atoms with E-state index in [1.54, 1.807) is 29.2 Å². The largest absolute Gasteiger partial charge is 0.355 e. The first kappa shape index (κ1) is 17.8. The zero-order chi connectivity index (χ0) is 18.5. The Hall–Kier alpha value is -3.02. The average molecular weight is 354 g/mol. The molecule has 0 saturated heterocycles. The summed E-state index contributed by atoms with van der Waals surface area (Å²) >= 11 is 0. The molecular formula is C20H19FN2O3. The van der Waals surface area contributed by atoms with Crippen LogP contribution in [0.3, 0.4) is 0 Å². The third kappa shape index (κ3) is 4.14. The van der Waals surface area contributed by atoms with Crippen molar-refractivity contribution in [1.29, 1.82) is 0 Å². The number of rotatable bonds is 7. The molecule has 2 aromatic rings. The van der Waals surface area contributed by atoms with Gasteiger partial charge in [0.05, 0.1) is 6.42 Å².